The van der Waals surface area contributed by atoms with Crippen LogP contribution in [0.25, 0.3) is 0 Å². The Morgan fingerprint density at radius 3 is 2.50 bits per heavy atom. The number of benzene rings is 1. The van der Waals surface area contributed by atoms with Crippen LogP contribution in [0, 0.1) is 29.1 Å². The van der Waals surface area contributed by atoms with Crippen molar-refractivity contribution in [2.45, 2.75) is 51.4 Å². The third kappa shape index (κ3) is 4.30. The maximum absolute atomic E-state index is 13.9. The summed E-state index contributed by atoms with van der Waals surface area (Å²) in [6.07, 6.45) is -0.648. The van der Waals surface area contributed by atoms with Crippen molar-refractivity contribution in [3.05, 3.63) is 53.1 Å². The first-order chi connectivity index (χ1) is 16.8. The largest absolute Gasteiger partial charge is 0.438 e. The third-order valence-electron chi connectivity index (χ3n) is 8.59. The van der Waals surface area contributed by atoms with E-state index in [1.807, 2.05) is 0 Å². The Kier molecular flexibility index (Phi) is 7.16. The van der Waals surface area contributed by atoms with Crippen molar-refractivity contribution in [1.82, 2.24) is 0 Å². The third-order valence-corrected chi connectivity index (χ3v) is 8.84. The van der Waals surface area contributed by atoms with E-state index in [0.29, 0.717) is 34.2 Å². The van der Waals surface area contributed by atoms with Gasteiger partial charge in [0, 0.05) is 30.8 Å². The molecule has 5 unspecified atom stereocenters. The maximum Gasteiger partial charge on any atom is 0.414 e. The summed E-state index contributed by atoms with van der Waals surface area (Å²) in [6.45, 7) is 9.95. The Hall–Kier alpha value is -2.19. The van der Waals surface area contributed by atoms with E-state index in [2.05, 4.69) is 20.4 Å². The van der Waals surface area contributed by atoms with Crippen molar-refractivity contribution >= 4 is 29.2 Å². The Balaban J connectivity index is 1.72. The number of amides is 1. The quantitative estimate of drug-likeness (QED) is 0.543. The highest BCUT2D eigenvalue weighted by Gasteiger charge is 2.67. The fourth-order valence-electron chi connectivity index (χ4n) is 6.56. The molecule has 8 heteroatoms. The zero-order chi connectivity index (χ0) is 26.6. The predicted molar refractivity (Wildman–Crippen MR) is 138 cm³/mol. The molecule has 2 N–H and O–H groups in total. The molecule has 36 heavy (non-hydrogen) atoms. The Morgan fingerprint density at radius 1 is 1.28 bits per heavy atom. The molecular formula is C28H36ClNO6. The summed E-state index contributed by atoms with van der Waals surface area (Å²) in [5.74, 6) is -1.02. The molecule has 1 aromatic rings. The molecule has 2 fully saturated rings. The maximum atomic E-state index is 13.9. The molecule has 1 amide bonds. The Morgan fingerprint density at radius 2 is 1.92 bits per heavy atom. The summed E-state index contributed by atoms with van der Waals surface area (Å²) >= 11 is 5.97. The van der Waals surface area contributed by atoms with Gasteiger partial charge in [0.1, 0.15) is 17.5 Å². The summed E-state index contributed by atoms with van der Waals surface area (Å²) in [7, 11) is 3.03. The number of rotatable bonds is 6. The monoisotopic (exact) mass is 517 g/mol. The number of ketones is 1. The van der Waals surface area contributed by atoms with Crippen molar-refractivity contribution in [3.8, 4) is 0 Å². The SMILES string of the molecule is C=C(C)C(OC(=O)N(C)c1ccc(Cl)cc1)C1(O)C(O)C(COC)=CC2C(=O)C1CC[C@@H]1[C@H]2C1(C)C. The standard InChI is InChI=1S/C28H36ClNO6/c1-15(2)25(36-26(33)30(5)18-9-7-17(29)8-10-18)28(34)21-12-11-20-22(27(20,3)4)19(23(21)31)13-16(14-35-6)24(28)32/h7-10,13,19-22,24-25,32,34H,1,11-12,14H2,2-6H3/t19?,20-,21?,22+,24?,25?,28?/m1/s1. The minimum Gasteiger partial charge on any atom is -0.438 e. The molecule has 196 valence electrons. The highest BCUT2D eigenvalue weighted by atomic mass is 35.5. The Labute approximate surface area is 217 Å². The minimum absolute atomic E-state index is 0.00883. The van der Waals surface area contributed by atoms with Crippen molar-refractivity contribution in [3.63, 3.8) is 0 Å². The average molecular weight is 518 g/mol. The smallest absolute Gasteiger partial charge is 0.414 e. The van der Waals surface area contributed by atoms with E-state index in [1.54, 1.807) is 37.3 Å². The molecule has 4 rings (SSSR count). The number of anilines is 1. The first-order valence-electron chi connectivity index (χ1n) is 12.3. The van der Waals surface area contributed by atoms with E-state index in [-0.39, 0.29) is 23.7 Å². The van der Waals surface area contributed by atoms with Gasteiger partial charge in [-0.15, -0.1) is 0 Å². The van der Waals surface area contributed by atoms with Gasteiger partial charge in [-0.1, -0.05) is 38.1 Å². The van der Waals surface area contributed by atoms with Gasteiger partial charge in [-0.05, 0) is 72.4 Å². The first-order valence-corrected chi connectivity index (χ1v) is 12.7. The molecule has 2 saturated carbocycles. The second kappa shape index (κ2) is 9.60. The molecule has 0 saturated heterocycles. The highest BCUT2D eigenvalue weighted by molar-refractivity contribution is 6.30. The number of carbonyl (C=O) groups is 2. The number of allylic oxidation sites excluding steroid dienone is 1. The molecule has 0 aromatic heterocycles. The van der Waals surface area contributed by atoms with E-state index in [4.69, 9.17) is 21.1 Å². The van der Waals surface area contributed by atoms with Crippen molar-refractivity contribution in [2.75, 3.05) is 25.7 Å². The summed E-state index contributed by atoms with van der Waals surface area (Å²) < 4.78 is 11.2. The summed E-state index contributed by atoms with van der Waals surface area (Å²) in [5, 5.41) is 24.4. The number of nitrogens with zero attached hydrogens (tertiary/aromatic N) is 1. The molecule has 7 atom stereocenters. The number of ether oxygens (including phenoxy) is 2. The van der Waals surface area contributed by atoms with Gasteiger partial charge < -0.3 is 19.7 Å². The second-order valence-corrected chi connectivity index (χ2v) is 11.6. The molecule has 0 radical (unpaired) electrons. The van der Waals surface area contributed by atoms with Crippen LogP contribution < -0.4 is 4.90 Å². The lowest BCUT2D eigenvalue weighted by Gasteiger charge is -2.44. The highest BCUT2D eigenvalue weighted by Crippen LogP contribution is 2.67. The van der Waals surface area contributed by atoms with Crippen LogP contribution in [0.3, 0.4) is 0 Å². The minimum atomic E-state index is -2.10. The van der Waals surface area contributed by atoms with E-state index in [0.717, 1.165) is 6.42 Å². The zero-order valence-electron chi connectivity index (χ0n) is 21.5. The van der Waals surface area contributed by atoms with Crippen LogP contribution in [0.4, 0.5) is 10.5 Å². The summed E-state index contributed by atoms with van der Waals surface area (Å²) in [6, 6.07) is 6.64. The van der Waals surface area contributed by atoms with E-state index >= 15 is 0 Å². The lowest BCUT2D eigenvalue weighted by Crippen LogP contribution is -2.61. The topological polar surface area (TPSA) is 96.3 Å². The summed E-state index contributed by atoms with van der Waals surface area (Å²) in [5.41, 5.74) is -0.815. The lowest BCUT2D eigenvalue weighted by molar-refractivity contribution is -0.169. The van der Waals surface area contributed by atoms with Gasteiger partial charge in [0.2, 0.25) is 0 Å². The number of halogens is 1. The predicted octanol–water partition coefficient (Wildman–Crippen LogP) is 4.40. The number of aliphatic hydroxyl groups excluding tert-OH is 1. The van der Waals surface area contributed by atoms with Gasteiger partial charge in [-0.2, -0.15) is 0 Å². The number of aliphatic hydroxyl groups is 2. The van der Waals surface area contributed by atoms with Crippen molar-refractivity contribution in [2.24, 2.45) is 29.1 Å². The number of methoxy groups -OCH3 is 1. The van der Waals surface area contributed by atoms with Gasteiger partial charge >= 0.3 is 6.09 Å². The van der Waals surface area contributed by atoms with Crippen LogP contribution in [0.1, 0.15) is 33.6 Å². The van der Waals surface area contributed by atoms with Crippen molar-refractivity contribution in [1.29, 1.82) is 0 Å². The molecule has 0 heterocycles. The molecule has 2 bridgehead atoms. The van der Waals surface area contributed by atoms with Crippen LogP contribution in [0.15, 0.2) is 48.1 Å². The fourth-order valence-corrected chi connectivity index (χ4v) is 6.69. The number of hydrogen-bond donors (Lipinski definition) is 2. The number of fused-ring (bicyclic) bond motifs is 4. The van der Waals surface area contributed by atoms with Crippen LogP contribution in [0.2, 0.25) is 5.02 Å². The zero-order valence-corrected chi connectivity index (χ0v) is 22.3. The van der Waals surface area contributed by atoms with Gasteiger partial charge in [0.05, 0.1) is 12.5 Å². The molecule has 3 aliphatic rings. The lowest BCUT2D eigenvalue weighted by atomic mass is 9.70. The second-order valence-electron chi connectivity index (χ2n) is 11.1. The van der Waals surface area contributed by atoms with Gasteiger partial charge in [0.15, 0.2) is 6.10 Å². The number of Topliss-reactive ketones (excluding diaryl/α,β-unsaturated/α-hetero) is 1. The first kappa shape index (κ1) is 26.9. The van der Waals surface area contributed by atoms with Crippen LogP contribution in [-0.4, -0.2) is 60.7 Å². The van der Waals surface area contributed by atoms with Gasteiger partial charge in [0.25, 0.3) is 0 Å². The molecule has 3 aliphatic carbocycles. The van der Waals surface area contributed by atoms with E-state index in [9.17, 15) is 19.8 Å². The normalized spacial score (nSPS) is 33.4. The van der Waals surface area contributed by atoms with Gasteiger partial charge in [-0.25, -0.2) is 4.79 Å². The molecule has 1 aromatic carbocycles. The average Bonchev–Trinajstić information content (AvgIpc) is 3.43. The van der Waals surface area contributed by atoms with Crippen LogP contribution >= 0.6 is 11.6 Å². The molecule has 0 spiro atoms. The number of hydrogen-bond acceptors (Lipinski definition) is 6. The van der Waals surface area contributed by atoms with Crippen molar-refractivity contribution < 1.29 is 29.3 Å². The fraction of sp³-hybridized carbons (Fsp3) is 0.571. The number of carbonyl (C=O) groups excluding carboxylic acids is 2. The van der Waals surface area contributed by atoms with Crippen LogP contribution in [0.5, 0.6) is 0 Å². The molecule has 0 aliphatic heterocycles. The van der Waals surface area contributed by atoms with E-state index in [1.165, 1.54) is 19.1 Å². The van der Waals surface area contributed by atoms with E-state index < -0.39 is 35.7 Å². The van der Waals surface area contributed by atoms with Gasteiger partial charge in [-0.3, -0.25) is 9.69 Å². The molecular weight excluding hydrogens is 482 g/mol. The molecule has 7 nitrogen and oxygen atoms in total. The summed E-state index contributed by atoms with van der Waals surface area (Å²) in [4.78, 5) is 28.4. The van der Waals surface area contributed by atoms with Crippen LogP contribution in [-0.2, 0) is 14.3 Å². The Bertz CT molecular complexity index is 1080.